The number of aromatic nitrogens is 4. The van der Waals surface area contributed by atoms with E-state index in [1.54, 1.807) is 11.6 Å². The summed E-state index contributed by atoms with van der Waals surface area (Å²) in [6.07, 6.45) is 0. The van der Waals surface area contributed by atoms with Gasteiger partial charge in [-0.2, -0.15) is 5.10 Å². The van der Waals surface area contributed by atoms with E-state index in [4.69, 9.17) is 0 Å². The van der Waals surface area contributed by atoms with Gasteiger partial charge in [0.15, 0.2) is 5.69 Å². The van der Waals surface area contributed by atoms with Crippen LogP contribution in [-0.4, -0.2) is 25.7 Å². The first-order chi connectivity index (χ1) is 13.1. The summed E-state index contributed by atoms with van der Waals surface area (Å²) in [7, 11) is 0. The lowest BCUT2D eigenvalue weighted by Crippen LogP contribution is -2.31. The molecule has 0 radical (unpaired) electrons. The molecule has 0 unspecified atom stereocenters. The molecular formula is C20H17N5O2. The van der Waals surface area contributed by atoms with E-state index in [2.05, 4.69) is 20.4 Å². The van der Waals surface area contributed by atoms with Crippen LogP contribution < -0.4 is 10.7 Å². The summed E-state index contributed by atoms with van der Waals surface area (Å²) in [5, 5.41) is 6.97. The van der Waals surface area contributed by atoms with E-state index >= 15 is 0 Å². The van der Waals surface area contributed by atoms with Crippen molar-refractivity contribution in [1.29, 1.82) is 0 Å². The van der Waals surface area contributed by atoms with Crippen LogP contribution in [0.25, 0.3) is 16.7 Å². The lowest BCUT2D eigenvalue weighted by molar-refractivity contribution is 0.0942. The van der Waals surface area contributed by atoms with E-state index in [0.29, 0.717) is 11.5 Å². The van der Waals surface area contributed by atoms with E-state index in [9.17, 15) is 9.59 Å². The average molecular weight is 359 g/mol. The molecule has 2 heterocycles. The summed E-state index contributed by atoms with van der Waals surface area (Å²) in [6.45, 7) is 1.95. The normalized spacial score (nSPS) is 10.9. The Morgan fingerprint density at radius 3 is 2.63 bits per heavy atom. The Morgan fingerprint density at radius 2 is 1.85 bits per heavy atom. The fraction of sp³-hybridized carbons (Fsp3) is 0.100. The number of para-hydroxylation sites is 3. The number of hydrogen-bond acceptors (Lipinski definition) is 4. The van der Waals surface area contributed by atoms with E-state index < -0.39 is 11.3 Å². The van der Waals surface area contributed by atoms with Gasteiger partial charge in [-0.3, -0.25) is 9.59 Å². The number of rotatable bonds is 4. The molecule has 0 aliphatic rings. The van der Waals surface area contributed by atoms with Crippen LogP contribution >= 0.6 is 0 Å². The molecule has 0 spiro atoms. The molecule has 4 rings (SSSR count). The number of hydrogen-bond donors (Lipinski definition) is 2. The van der Waals surface area contributed by atoms with Crippen molar-refractivity contribution in [3.8, 4) is 5.69 Å². The molecule has 2 N–H and O–H groups in total. The van der Waals surface area contributed by atoms with Crippen LogP contribution in [0.3, 0.4) is 0 Å². The molecule has 134 valence electrons. The highest BCUT2D eigenvalue weighted by atomic mass is 16.2. The van der Waals surface area contributed by atoms with Crippen LogP contribution in [0.1, 0.15) is 22.0 Å². The average Bonchev–Trinajstić information content (AvgIpc) is 3.10. The number of imidazole rings is 1. The molecule has 4 aromatic rings. The van der Waals surface area contributed by atoms with Crippen molar-refractivity contribution in [2.24, 2.45) is 0 Å². The van der Waals surface area contributed by atoms with Crippen LogP contribution in [-0.2, 0) is 6.54 Å². The quantitative estimate of drug-likeness (QED) is 0.585. The molecule has 0 fully saturated rings. The maximum atomic E-state index is 12.5. The van der Waals surface area contributed by atoms with Crippen LogP contribution in [0.2, 0.25) is 0 Å². The smallest absolute Gasteiger partial charge is 0.276 e. The second-order valence-corrected chi connectivity index (χ2v) is 6.13. The zero-order valence-corrected chi connectivity index (χ0v) is 14.6. The maximum absolute atomic E-state index is 12.5. The van der Waals surface area contributed by atoms with Gasteiger partial charge in [-0.15, -0.1) is 0 Å². The Labute approximate surface area is 154 Å². The number of nitrogens with one attached hydrogen (secondary N) is 2. The summed E-state index contributed by atoms with van der Waals surface area (Å²) < 4.78 is 1.58. The standard InChI is InChI=1S/C20H17N5O2/c1-13-11-17(26)19(24-25(13)14-7-3-2-4-8-14)20(27)21-12-18-22-15-9-5-6-10-16(15)23-18/h2-11H,12H2,1H3,(H,21,27)(H,22,23). The van der Waals surface area contributed by atoms with Crippen molar-refractivity contribution in [3.63, 3.8) is 0 Å². The van der Waals surface area contributed by atoms with Gasteiger partial charge in [0.1, 0.15) is 5.82 Å². The third-order valence-corrected chi connectivity index (χ3v) is 4.18. The summed E-state index contributed by atoms with van der Waals surface area (Å²) >= 11 is 0. The summed E-state index contributed by atoms with van der Waals surface area (Å²) in [4.78, 5) is 32.3. The highest BCUT2D eigenvalue weighted by molar-refractivity contribution is 5.92. The van der Waals surface area contributed by atoms with Gasteiger partial charge in [0.25, 0.3) is 5.91 Å². The molecule has 0 atom stereocenters. The van der Waals surface area contributed by atoms with Gasteiger partial charge in [-0.1, -0.05) is 30.3 Å². The molecule has 0 aliphatic carbocycles. The molecule has 0 saturated carbocycles. The maximum Gasteiger partial charge on any atom is 0.276 e. The fourth-order valence-corrected chi connectivity index (χ4v) is 2.87. The molecule has 27 heavy (non-hydrogen) atoms. The van der Waals surface area contributed by atoms with Gasteiger partial charge >= 0.3 is 0 Å². The number of amides is 1. The second-order valence-electron chi connectivity index (χ2n) is 6.13. The van der Waals surface area contributed by atoms with Crippen molar-refractivity contribution in [2.75, 3.05) is 0 Å². The number of nitrogens with zero attached hydrogens (tertiary/aromatic N) is 3. The van der Waals surface area contributed by atoms with E-state index in [0.717, 1.165) is 16.7 Å². The number of aryl methyl sites for hydroxylation is 1. The van der Waals surface area contributed by atoms with Gasteiger partial charge < -0.3 is 10.3 Å². The lowest BCUT2D eigenvalue weighted by atomic mass is 10.2. The number of carbonyl (C=O) groups is 1. The van der Waals surface area contributed by atoms with Crippen molar-refractivity contribution in [2.45, 2.75) is 13.5 Å². The van der Waals surface area contributed by atoms with Gasteiger partial charge in [-0.25, -0.2) is 9.67 Å². The molecule has 0 aliphatic heterocycles. The van der Waals surface area contributed by atoms with Gasteiger partial charge in [0, 0.05) is 11.8 Å². The Bertz CT molecular complexity index is 1140. The molecule has 0 saturated heterocycles. The number of H-pyrrole nitrogens is 1. The van der Waals surface area contributed by atoms with E-state index in [1.807, 2.05) is 54.6 Å². The highest BCUT2D eigenvalue weighted by Crippen LogP contribution is 2.10. The molecule has 1 amide bonds. The largest absolute Gasteiger partial charge is 0.343 e. The molecule has 2 aromatic heterocycles. The molecule has 2 aromatic carbocycles. The number of aromatic amines is 1. The highest BCUT2D eigenvalue weighted by Gasteiger charge is 2.15. The molecule has 7 nitrogen and oxygen atoms in total. The Hall–Kier alpha value is -3.74. The zero-order chi connectivity index (χ0) is 18.8. The minimum Gasteiger partial charge on any atom is -0.343 e. The molecule has 7 heteroatoms. The van der Waals surface area contributed by atoms with Crippen LogP contribution in [0.4, 0.5) is 0 Å². The number of carbonyl (C=O) groups excluding carboxylic acids is 1. The molecular weight excluding hydrogens is 342 g/mol. The van der Waals surface area contributed by atoms with Gasteiger partial charge in [0.2, 0.25) is 5.43 Å². The van der Waals surface area contributed by atoms with Crippen molar-refractivity contribution < 1.29 is 4.79 Å². The lowest BCUT2D eigenvalue weighted by Gasteiger charge is -2.11. The Balaban J connectivity index is 1.58. The summed E-state index contributed by atoms with van der Waals surface area (Å²) in [6, 6.07) is 18.4. The van der Waals surface area contributed by atoms with Crippen LogP contribution in [0.15, 0.2) is 65.5 Å². The van der Waals surface area contributed by atoms with E-state index in [-0.39, 0.29) is 12.2 Å². The fourth-order valence-electron chi connectivity index (χ4n) is 2.87. The topological polar surface area (TPSA) is 92.7 Å². The third kappa shape index (κ3) is 3.35. The summed E-state index contributed by atoms with van der Waals surface area (Å²) in [5.74, 6) is 0.0742. The van der Waals surface area contributed by atoms with Crippen molar-refractivity contribution >= 4 is 16.9 Å². The monoisotopic (exact) mass is 359 g/mol. The Morgan fingerprint density at radius 1 is 1.11 bits per heavy atom. The van der Waals surface area contributed by atoms with Crippen LogP contribution in [0.5, 0.6) is 0 Å². The zero-order valence-electron chi connectivity index (χ0n) is 14.6. The second kappa shape index (κ2) is 6.87. The summed E-state index contributed by atoms with van der Waals surface area (Å²) in [5.41, 5.74) is 2.58. The van der Waals surface area contributed by atoms with Gasteiger partial charge in [-0.05, 0) is 31.2 Å². The first kappa shape index (κ1) is 16.7. The minimum absolute atomic E-state index is 0.152. The first-order valence-corrected chi connectivity index (χ1v) is 8.50. The molecule has 0 bridgehead atoms. The third-order valence-electron chi connectivity index (χ3n) is 4.18. The SMILES string of the molecule is Cc1cc(=O)c(C(=O)NCc2nc3ccccc3[nH]2)nn1-c1ccccc1. The first-order valence-electron chi connectivity index (χ1n) is 8.50. The van der Waals surface area contributed by atoms with E-state index in [1.165, 1.54) is 6.07 Å². The predicted molar refractivity (Wildman–Crippen MR) is 102 cm³/mol. The van der Waals surface area contributed by atoms with Crippen molar-refractivity contribution in [1.82, 2.24) is 25.1 Å². The van der Waals surface area contributed by atoms with Crippen molar-refractivity contribution in [3.05, 3.63) is 88.1 Å². The Kier molecular flexibility index (Phi) is 4.25. The number of benzene rings is 2. The number of fused-ring (bicyclic) bond motifs is 1. The minimum atomic E-state index is -0.537. The predicted octanol–water partition coefficient (Wildman–Crippen LogP) is 2.35. The van der Waals surface area contributed by atoms with Crippen LogP contribution in [0, 0.1) is 6.92 Å². The van der Waals surface area contributed by atoms with Gasteiger partial charge in [0.05, 0.1) is 23.3 Å².